The average molecular weight is 551 g/mol. The summed E-state index contributed by atoms with van der Waals surface area (Å²) in [5.41, 5.74) is 5.90. The van der Waals surface area contributed by atoms with Gasteiger partial charge in [-0.1, -0.05) is 56.2 Å². The number of hydrogen-bond acceptors (Lipinski definition) is 4. The van der Waals surface area contributed by atoms with Crippen LogP contribution in [0.4, 0.5) is 4.79 Å². The number of rotatable bonds is 4. The lowest BCUT2D eigenvalue weighted by atomic mass is 9.52. The van der Waals surface area contributed by atoms with Crippen molar-refractivity contribution < 1.29 is 19.4 Å². The summed E-state index contributed by atoms with van der Waals surface area (Å²) >= 11 is 0. The second-order valence-corrected chi connectivity index (χ2v) is 14.9. The third-order valence-electron chi connectivity index (χ3n) is 11.0. The van der Waals surface area contributed by atoms with Crippen LogP contribution < -0.4 is 10.6 Å². The Morgan fingerprint density at radius 3 is 2.45 bits per heavy atom. The molecule has 5 aliphatic rings. The molecule has 220 valence electrons. The van der Waals surface area contributed by atoms with Crippen molar-refractivity contribution in [3.05, 3.63) is 46.5 Å². The van der Waals surface area contributed by atoms with Crippen molar-refractivity contribution in [3.63, 3.8) is 0 Å². The summed E-state index contributed by atoms with van der Waals surface area (Å²) in [5, 5.41) is 17.1. The molecule has 1 aromatic rings. The van der Waals surface area contributed by atoms with E-state index in [1.165, 1.54) is 18.4 Å². The lowest BCUT2D eigenvalue weighted by Crippen LogP contribution is -2.52. The molecular formula is C34H50N2O4. The molecule has 6 unspecified atom stereocenters. The Hall–Kier alpha value is -1.89. The fourth-order valence-electron chi connectivity index (χ4n) is 8.86. The summed E-state index contributed by atoms with van der Waals surface area (Å²) in [6, 6.07) is 8.89. The van der Waals surface area contributed by atoms with E-state index in [-0.39, 0.29) is 29.0 Å². The fraction of sp³-hybridized carbons (Fsp3) is 0.735. The molecule has 1 saturated heterocycles. The van der Waals surface area contributed by atoms with E-state index in [1.54, 1.807) is 11.1 Å². The molecule has 6 heteroatoms. The quantitative estimate of drug-likeness (QED) is 0.377. The number of hydrogen-bond donors (Lipinski definition) is 3. The Morgan fingerprint density at radius 2 is 1.75 bits per heavy atom. The van der Waals surface area contributed by atoms with Gasteiger partial charge in [0.15, 0.2) is 5.79 Å². The van der Waals surface area contributed by atoms with Crippen molar-refractivity contribution in [1.82, 2.24) is 10.6 Å². The summed E-state index contributed by atoms with van der Waals surface area (Å²) in [7, 11) is 0. The van der Waals surface area contributed by atoms with E-state index in [9.17, 15) is 9.90 Å². The molecule has 1 aromatic carbocycles. The molecule has 6 rings (SSSR count). The van der Waals surface area contributed by atoms with Crippen LogP contribution in [0.15, 0.2) is 35.4 Å². The Balaban J connectivity index is 1.28. The first-order chi connectivity index (χ1) is 19.0. The Bertz CT molecular complexity index is 1130. The zero-order valence-electron chi connectivity index (χ0n) is 25.2. The van der Waals surface area contributed by atoms with Crippen LogP contribution in [0.2, 0.25) is 0 Å². The minimum atomic E-state index is -0.407. The zero-order valence-corrected chi connectivity index (χ0v) is 25.2. The highest BCUT2D eigenvalue weighted by atomic mass is 16.7. The highest BCUT2D eigenvalue weighted by molar-refractivity contribution is 5.74. The zero-order chi connectivity index (χ0) is 28.3. The van der Waals surface area contributed by atoms with Crippen molar-refractivity contribution >= 4 is 6.03 Å². The maximum absolute atomic E-state index is 12.1. The van der Waals surface area contributed by atoms with E-state index in [2.05, 4.69) is 55.7 Å². The van der Waals surface area contributed by atoms with Gasteiger partial charge in [0.05, 0.1) is 19.3 Å². The molecule has 1 aliphatic heterocycles. The first kappa shape index (κ1) is 28.2. The highest BCUT2D eigenvalue weighted by Gasteiger charge is 2.57. The van der Waals surface area contributed by atoms with Gasteiger partial charge in [-0.2, -0.15) is 0 Å². The minimum Gasteiger partial charge on any atom is -0.393 e. The fourth-order valence-corrected chi connectivity index (χ4v) is 8.86. The maximum atomic E-state index is 12.1. The molecule has 3 N–H and O–H groups in total. The summed E-state index contributed by atoms with van der Waals surface area (Å²) in [6.07, 6.45) is 8.29. The van der Waals surface area contributed by atoms with Crippen molar-refractivity contribution in [1.29, 1.82) is 0 Å². The van der Waals surface area contributed by atoms with Gasteiger partial charge in [-0.15, -0.1) is 0 Å². The number of aliphatic hydroxyl groups is 1. The Labute approximate surface area is 240 Å². The highest BCUT2D eigenvalue weighted by Crippen LogP contribution is 2.65. The molecule has 1 heterocycles. The van der Waals surface area contributed by atoms with Crippen LogP contribution in [-0.4, -0.2) is 42.3 Å². The summed E-state index contributed by atoms with van der Waals surface area (Å²) in [5.74, 6) is 1.60. The molecule has 1 spiro atoms. The van der Waals surface area contributed by atoms with Gasteiger partial charge in [-0.25, -0.2) is 4.79 Å². The number of aliphatic hydroxyl groups excluding tert-OH is 1. The van der Waals surface area contributed by atoms with Crippen LogP contribution in [0, 0.1) is 28.6 Å². The second kappa shape index (κ2) is 10.4. The number of carbonyl (C=O) groups is 1. The molecule has 3 saturated carbocycles. The van der Waals surface area contributed by atoms with E-state index in [4.69, 9.17) is 9.47 Å². The first-order valence-electron chi connectivity index (χ1n) is 15.8. The van der Waals surface area contributed by atoms with Crippen molar-refractivity contribution in [2.75, 3.05) is 13.2 Å². The smallest absolute Gasteiger partial charge is 0.315 e. The van der Waals surface area contributed by atoms with Crippen LogP contribution in [-0.2, 0) is 16.0 Å². The standard InChI is InChI=1S/C34H50N2O4/c1-21(2)36-31(38)35-18-22-6-8-23(9-7-22)27-17-33(5)28(12-13-29(33)37)26-11-10-24-16-34(15-14-25(24)30(26)27)39-19-32(3,4)20-40-34/h6-9,21,24,26-29,37H,10-20H2,1-5H3,(H2,35,36,38). The molecule has 0 aromatic heterocycles. The molecule has 0 radical (unpaired) electrons. The summed E-state index contributed by atoms with van der Waals surface area (Å²) < 4.78 is 13.0. The number of ether oxygens (including phenoxy) is 2. The molecule has 0 bridgehead atoms. The maximum Gasteiger partial charge on any atom is 0.315 e. The molecule has 6 nitrogen and oxygen atoms in total. The van der Waals surface area contributed by atoms with E-state index in [0.717, 1.165) is 57.3 Å². The molecular weight excluding hydrogens is 500 g/mol. The molecule has 4 fully saturated rings. The summed E-state index contributed by atoms with van der Waals surface area (Å²) in [4.78, 5) is 12.1. The number of nitrogens with one attached hydrogen (secondary N) is 2. The Morgan fingerprint density at radius 1 is 1.02 bits per heavy atom. The van der Waals surface area contributed by atoms with Gasteiger partial charge in [0.25, 0.3) is 0 Å². The SMILES string of the molecule is CC(C)NC(=O)NCc1ccc(C2CC3(C)C(O)CCC3C3CCC4CC5(CCC4=C23)OCC(C)(C)CO5)cc1. The van der Waals surface area contributed by atoms with Crippen LogP contribution in [0.1, 0.15) is 103 Å². The number of fused-ring (bicyclic) bond motifs is 4. The minimum absolute atomic E-state index is 0.0293. The van der Waals surface area contributed by atoms with Gasteiger partial charge < -0.3 is 25.2 Å². The molecule has 4 aliphatic carbocycles. The van der Waals surface area contributed by atoms with E-state index >= 15 is 0 Å². The third-order valence-corrected chi connectivity index (χ3v) is 11.0. The van der Waals surface area contributed by atoms with E-state index in [0.29, 0.717) is 30.2 Å². The van der Waals surface area contributed by atoms with Crippen LogP contribution in [0.25, 0.3) is 0 Å². The number of urea groups is 1. The first-order valence-corrected chi connectivity index (χ1v) is 15.8. The van der Waals surface area contributed by atoms with Gasteiger partial charge in [0.2, 0.25) is 0 Å². The normalized spacial score (nSPS) is 36.1. The van der Waals surface area contributed by atoms with Crippen LogP contribution >= 0.6 is 0 Å². The lowest BCUT2D eigenvalue weighted by molar-refractivity contribution is -0.312. The predicted molar refractivity (Wildman–Crippen MR) is 157 cm³/mol. The van der Waals surface area contributed by atoms with Gasteiger partial charge in [-0.05, 0) is 86.7 Å². The Kier molecular flexibility index (Phi) is 7.36. The van der Waals surface area contributed by atoms with Crippen molar-refractivity contribution in [2.45, 2.75) is 116 Å². The second-order valence-electron chi connectivity index (χ2n) is 14.9. The number of allylic oxidation sites excluding steroid dienone is 2. The predicted octanol–water partition coefficient (Wildman–Crippen LogP) is 6.43. The van der Waals surface area contributed by atoms with E-state index < -0.39 is 5.79 Å². The molecule has 6 atom stereocenters. The van der Waals surface area contributed by atoms with Crippen LogP contribution in [0.5, 0.6) is 0 Å². The van der Waals surface area contributed by atoms with Crippen LogP contribution in [0.3, 0.4) is 0 Å². The van der Waals surface area contributed by atoms with Gasteiger partial charge in [-0.3, -0.25) is 0 Å². The summed E-state index contributed by atoms with van der Waals surface area (Å²) in [6.45, 7) is 12.8. The molecule has 40 heavy (non-hydrogen) atoms. The number of benzene rings is 1. The van der Waals surface area contributed by atoms with Gasteiger partial charge in [0.1, 0.15) is 0 Å². The van der Waals surface area contributed by atoms with Gasteiger partial charge >= 0.3 is 6.03 Å². The number of amides is 2. The third kappa shape index (κ3) is 5.13. The topological polar surface area (TPSA) is 79.8 Å². The molecule has 2 amide bonds. The lowest BCUT2D eigenvalue weighted by Gasteiger charge is -2.55. The largest absolute Gasteiger partial charge is 0.393 e. The van der Waals surface area contributed by atoms with Gasteiger partial charge in [0, 0.05) is 36.8 Å². The van der Waals surface area contributed by atoms with E-state index in [1.807, 2.05) is 13.8 Å². The monoisotopic (exact) mass is 550 g/mol. The van der Waals surface area contributed by atoms with Crippen molar-refractivity contribution in [2.24, 2.45) is 28.6 Å². The number of carbonyl (C=O) groups excluding carboxylic acids is 1. The van der Waals surface area contributed by atoms with Crippen molar-refractivity contribution in [3.8, 4) is 0 Å². The average Bonchev–Trinajstić information content (AvgIpc) is 3.22.